The average molecular weight is 348 g/mol. The lowest BCUT2D eigenvalue weighted by molar-refractivity contribution is -0.123. The van der Waals surface area contributed by atoms with Crippen LogP contribution >= 0.6 is 11.6 Å². The van der Waals surface area contributed by atoms with Gasteiger partial charge in [0.05, 0.1) is 6.54 Å². The van der Waals surface area contributed by atoms with Crippen LogP contribution in [0.3, 0.4) is 0 Å². The van der Waals surface area contributed by atoms with E-state index >= 15 is 0 Å². The summed E-state index contributed by atoms with van der Waals surface area (Å²) in [6.07, 6.45) is 2.20. The molecule has 5 heteroatoms. The maximum atomic E-state index is 11.7. The van der Waals surface area contributed by atoms with Crippen molar-refractivity contribution in [3.63, 3.8) is 0 Å². The molecule has 0 aliphatic carbocycles. The molecule has 0 heterocycles. The number of amides is 1. The topological polar surface area (TPSA) is 47.6 Å². The Kier molecular flexibility index (Phi) is 7.43. The van der Waals surface area contributed by atoms with E-state index in [2.05, 4.69) is 24.4 Å². The summed E-state index contributed by atoms with van der Waals surface area (Å²) < 4.78 is 11.0. The van der Waals surface area contributed by atoms with Crippen molar-refractivity contribution in [2.24, 2.45) is 0 Å². The van der Waals surface area contributed by atoms with E-state index in [1.54, 1.807) is 24.3 Å². The van der Waals surface area contributed by atoms with Gasteiger partial charge in [-0.2, -0.15) is 0 Å². The van der Waals surface area contributed by atoms with Gasteiger partial charge in [0.15, 0.2) is 6.61 Å². The molecular formula is C19H22ClNO3. The molecule has 0 saturated heterocycles. The molecule has 24 heavy (non-hydrogen) atoms. The highest BCUT2D eigenvalue weighted by molar-refractivity contribution is 6.30. The lowest BCUT2D eigenvalue weighted by Crippen LogP contribution is -2.32. The second kappa shape index (κ2) is 9.83. The summed E-state index contributed by atoms with van der Waals surface area (Å²) in [6.45, 7) is 2.97. The number of hydrogen-bond acceptors (Lipinski definition) is 3. The monoisotopic (exact) mass is 347 g/mol. The highest BCUT2D eigenvalue weighted by Crippen LogP contribution is 2.15. The maximum Gasteiger partial charge on any atom is 0.258 e. The van der Waals surface area contributed by atoms with Crippen LogP contribution in [0.2, 0.25) is 5.02 Å². The van der Waals surface area contributed by atoms with Crippen molar-refractivity contribution < 1.29 is 14.3 Å². The predicted molar refractivity (Wildman–Crippen MR) is 95.9 cm³/mol. The van der Waals surface area contributed by atoms with E-state index in [9.17, 15) is 4.79 Å². The molecule has 2 aromatic carbocycles. The lowest BCUT2D eigenvalue weighted by atomic mass is 10.1. The van der Waals surface area contributed by atoms with Crippen molar-refractivity contribution in [3.8, 4) is 11.5 Å². The summed E-state index contributed by atoms with van der Waals surface area (Å²) in [6, 6.07) is 14.9. The lowest BCUT2D eigenvalue weighted by Gasteiger charge is -2.09. The van der Waals surface area contributed by atoms with Gasteiger partial charge in [-0.25, -0.2) is 0 Å². The Morgan fingerprint density at radius 2 is 1.62 bits per heavy atom. The second-order valence-corrected chi connectivity index (χ2v) is 5.77. The van der Waals surface area contributed by atoms with Crippen molar-refractivity contribution in [1.82, 2.24) is 5.32 Å². The first-order valence-electron chi connectivity index (χ1n) is 8.04. The Balaban J connectivity index is 1.61. The van der Waals surface area contributed by atoms with Gasteiger partial charge >= 0.3 is 0 Å². The molecule has 0 atom stereocenters. The van der Waals surface area contributed by atoms with Crippen molar-refractivity contribution in [1.29, 1.82) is 0 Å². The standard InChI is InChI=1S/C19H22ClNO3/c1-2-3-15-4-8-17(9-5-15)23-13-12-21-19(22)14-24-18-10-6-16(20)7-11-18/h4-11H,2-3,12-14H2,1H3,(H,21,22). The molecule has 1 N–H and O–H groups in total. The van der Waals surface area contributed by atoms with Gasteiger partial charge in [0.25, 0.3) is 5.91 Å². The van der Waals surface area contributed by atoms with Crippen molar-refractivity contribution in [3.05, 3.63) is 59.1 Å². The van der Waals surface area contributed by atoms with Crippen molar-refractivity contribution in [2.75, 3.05) is 19.8 Å². The molecule has 0 spiro atoms. The zero-order valence-electron chi connectivity index (χ0n) is 13.8. The Bertz CT molecular complexity index is 626. The third-order valence-electron chi connectivity index (χ3n) is 3.34. The van der Waals surface area contributed by atoms with Gasteiger partial charge in [0, 0.05) is 5.02 Å². The van der Waals surface area contributed by atoms with Crippen LogP contribution in [0.15, 0.2) is 48.5 Å². The fraction of sp³-hybridized carbons (Fsp3) is 0.316. The van der Waals surface area contributed by atoms with Crippen LogP contribution in [0.25, 0.3) is 0 Å². The number of rotatable bonds is 9. The summed E-state index contributed by atoms with van der Waals surface area (Å²) in [5, 5.41) is 3.38. The minimum atomic E-state index is -0.188. The highest BCUT2D eigenvalue weighted by Gasteiger charge is 2.02. The van der Waals surface area contributed by atoms with E-state index in [-0.39, 0.29) is 12.5 Å². The SMILES string of the molecule is CCCc1ccc(OCCNC(=O)COc2ccc(Cl)cc2)cc1. The van der Waals surface area contributed by atoms with E-state index in [4.69, 9.17) is 21.1 Å². The van der Waals surface area contributed by atoms with Crippen LogP contribution in [0, 0.1) is 0 Å². The van der Waals surface area contributed by atoms with Gasteiger partial charge in [0.2, 0.25) is 0 Å². The van der Waals surface area contributed by atoms with Crippen molar-refractivity contribution in [2.45, 2.75) is 19.8 Å². The molecule has 0 aliphatic rings. The maximum absolute atomic E-state index is 11.7. The summed E-state index contributed by atoms with van der Waals surface area (Å²) in [4.78, 5) is 11.7. The fourth-order valence-corrected chi connectivity index (χ4v) is 2.26. The van der Waals surface area contributed by atoms with E-state index in [1.165, 1.54) is 5.56 Å². The zero-order valence-corrected chi connectivity index (χ0v) is 14.5. The molecule has 2 aromatic rings. The van der Waals surface area contributed by atoms with Gasteiger partial charge in [-0.05, 0) is 48.4 Å². The Morgan fingerprint density at radius 3 is 2.29 bits per heavy atom. The highest BCUT2D eigenvalue weighted by atomic mass is 35.5. The minimum absolute atomic E-state index is 0.0344. The van der Waals surface area contributed by atoms with Gasteiger partial charge < -0.3 is 14.8 Å². The van der Waals surface area contributed by atoms with Crippen LogP contribution in [0.1, 0.15) is 18.9 Å². The minimum Gasteiger partial charge on any atom is -0.492 e. The largest absolute Gasteiger partial charge is 0.492 e. The van der Waals surface area contributed by atoms with Crippen LogP contribution in [-0.2, 0) is 11.2 Å². The molecule has 0 unspecified atom stereocenters. The van der Waals surface area contributed by atoms with E-state index in [0.717, 1.165) is 18.6 Å². The Labute approximate surface area is 147 Å². The number of benzene rings is 2. The van der Waals surface area contributed by atoms with Gasteiger partial charge in [0.1, 0.15) is 18.1 Å². The molecule has 1 amide bonds. The zero-order chi connectivity index (χ0) is 17.2. The molecule has 0 fully saturated rings. The smallest absolute Gasteiger partial charge is 0.258 e. The van der Waals surface area contributed by atoms with Crippen LogP contribution in [0.5, 0.6) is 11.5 Å². The second-order valence-electron chi connectivity index (χ2n) is 5.33. The molecule has 0 radical (unpaired) electrons. The number of ether oxygens (including phenoxy) is 2. The molecule has 4 nitrogen and oxygen atoms in total. The molecule has 0 saturated carbocycles. The van der Waals surface area contributed by atoms with Crippen LogP contribution in [0.4, 0.5) is 0 Å². The number of aryl methyl sites for hydroxylation is 1. The molecular weight excluding hydrogens is 326 g/mol. The summed E-state index contributed by atoms with van der Waals surface area (Å²) >= 11 is 5.78. The Hall–Kier alpha value is -2.20. The van der Waals surface area contributed by atoms with Crippen LogP contribution < -0.4 is 14.8 Å². The fourth-order valence-electron chi connectivity index (χ4n) is 2.13. The third kappa shape index (κ3) is 6.50. The average Bonchev–Trinajstić information content (AvgIpc) is 2.60. The first-order chi connectivity index (χ1) is 11.7. The first-order valence-corrected chi connectivity index (χ1v) is 8.42. The number of carbonyl (C=O) groups excluding carboxylic acids is 1. The summed E-state index contributed by atoms with van der Waals surface area (Å²) in [5.41, 5.74) is 1.30. The molecule has 0 aromatic heterocycles. The number of nitrogens with one attached hydrogen (secondary N) is 1. The molecule has 2 rings (SSSR count). The molecule has 128 valence electrons. The Morgan fingerprint density at radius 1 is 1.00 bits per heavy atom. The van der Waals surface area contributed by atoms with E-state index in [0.29, 0.717) is 23.9 Å². The number of carbonyl (C=O) groups is 1. The third-order valence-corrected chi connectivity index (χ3v) is 3.59. The van der Waals surface area contributed by atoms with Gasteiger partial charge in [-0.3, -0.25) is 4.79 Å². The number of halogens is 1. The predicted octanol–water partition coefficient (Wildman–Crippen LogP) is 3.87. The van der Waals surface area contributed by atoms with Gasteiger partial charge in [-0.1, -0.05) is 37.1 Å². The van der Waals surface area contributed by atoms with Crippen molar-refractivity contribution >= 4 is 17.5 Å². The van der Waals surface area contributed by atoms with Gasteiger partial charge in [-0.15, -0.1) is 0 Å². The normalized spacial score (nSPS) is 10.2. The molecule has 0 bridgehead atoms. The summed E-state index contributed by atoms with van der Waals surface area (Å²) in [7, 11) is 0. The quantitative estimate of drug-likeness (QED) is 0.700. The first kappa shape index (κ1) is 18.1. The molecule has 0 aliphatic heterocycles. The van der Waals surface area contributed by atoms with Crippen LogP contribution in [-0.4, -0.2) is 25.7 Å². The van der Waals surface area contributed by atoms with E-state index in [1.807, 2.05) is 12.1 Å². The van der Waals surface area contributed by atoms with E-state index < -0.39 is 0 Å². The number of hydrogen-bond donors (Lipinski definition) is 1. The summed E-state index contributed by atoms with van der Waals surface area (Å²) in [5.74, 6) is 1.23.